The molecule has 0 amide bonds. The summed E-state index contributed by atoms with van der Waals surface area (Å²) in [7, 11) is 2.01. The molecular weight excluding hydrogens is 200 g/mol. The lowest BCUT2D eigenvalue weighted by Gasteiger charge is -2.11. The van der Waals surface area contributed by atoms with Gasteiger partial charge in [0.2, 0.25) is 0 Å². The van der Waals surface area contributed by atoms with Crippen LogP contribution in [0.1, 0.15) is 24.5 Å². The summed E-state index contributed by atoms with van der Waals surface area (Å²) in [6.07, 6.45) is 2.94. The minimum Gasteiger partial charge on any atom is -0.508 e. The fourth-order valence-electron chi connectivity index (χ4n) is 1.50. The van der Waals surface area contributed by atoms with E-state index >= 15 is 0 Å². The first-order valence-electron chi connectivity index (χ1n) is 5.59. The van der Waals surface area contributed by atoms with Crippen molar-refractivity contribution in [2.75, 3.05) is 13.6 Å². The van der Waals surface area contributed by atoms with Gasteiger partial charge in [-0.1, -0.05) is 6.92 Å². The average molecular weight is 220 g/mol. The summed E-state index contributed by atoms with van der Waals surface area (Å²) in [5.41, 5.74) is 2.76. The summed E-state index contributed by atoms with van der Waals surface area (Å²) < 4.78 is 0. The van der Waals surface area contributed by atoms with Crippen molar-refractivity contribution in [1.29, 1.82) is 0 Å². The summed E-state index contributed by atoms with van der Waals surface area (Å²) >= 11 is 0. The molecule has 1 aromatic rings. The van der Waals surface area contributed by atoms with Crippen molar-refractivity contribution in [1.82, 2.24) is 4.90 Å². The Morgan fingerprint density at radius 2 is 2.00 bits per heavy atom. The van der Waals surface area contributed by atoms with Crippen LogP contribution in [0, 0.1) is 13.8 Å². The molecule has 1 aromatic carbocycles. The molecule has 0 aromatic heterocycles. The molecule has 0 aliphatic carbocycles. The largest absolute Gasteiger partial charge is 0.508 e. The van der Waals surface area contributed by atoms with Gasteiger partial charge in [-0.05, 0) is 43.5 Å². The van der Waals surface area contributed by atoms with Crippen LogP contribution in [0.5, 0.6) is 5.75 Å². The number of benzene rings is 1. The number of aryl methyl sites for hydroxylation is 2. The molecular formula is C13H20N2O. The zero-order valence-corrected chi connectivity index (χ0v) is 10.5. The van der Waals surface area contributed by atoms with E-state index < -0.39 is 0 Å². The summed E-state index contributed by atoms with van der Waals surface area (Å²) in [6, 6.07) is 3.66. The number of hydrogen-bond acceptors (Lipinski definition) is 2. The van der Waals surface area contributed by atoms with Gasteiger partial charge in [0.05, 0.1) is 12.0 Å². The molecule has 0 aliphatic rings. The van der Waals surface area contributed by atoms with E-state index in [0.29, 0.717) is 5.75 Å². The molecule has 0 bridgehead atoms. The van der Waals surface area contributed by atoms with Crippen LogP contribution < -0.4 is 0 Å². The second-order valence-electron chi connectivity index (χ2n) is 4.15. The normalized spacial score (nSPS) is 11.0. The quantitative estimate of drug-likeness (QED) is 0.625. The number of aromatic hydroxyl groups is 1. The molecule has 88 valence electrons. The van der Waals surface area contributed by atoms with Gasteiger partial charge in [0.25, 0.3) is 0 Å². The number of rotatable bonds is 4. The maximum Gasteiger partial charge on any atom is 0.118 e. The third-order valence-electron chi connectivity index (χ3n) is 2.48. The summed E-state index contributed by atoms with van der Waals surface area (Å²) in [4.78, 5) is 6.47. The Morgan fingerprint density at radius 1 is 1.31 bits per heavy atom. The van der Waals surface area contributed by atoms with Gasteiger partial charge in [-0.25, -0.2) is 4.99 Å². The third-order valence-corrected chi connectivity index (χ3v) is 2.48. The first-order chi connectivity index (χ1) is 7.54. The smallest absolute Gasteiger partial charge is 0.118 e. The Hall–Kier alpha value is -1.51. The molecule has 3 nitrogen and oxygen atoms in total. The van der Waals surface area contributed by atoms with E-state index in [1.165, 1.54) is 0 Å². The molecule has 1 N–H and O–H groups in total. The van der Waals surface area contributed by atoms with Gasteiger partial charge < -0.3 is 10.0 Å². The van der Waals surface area contributed by atoms with E-state index in [1.54, 1.807) is 6.07 Å². The average Bonchev–Trinajstić information content (AvgIpc) is 2.22. The Bertz CT molecular complexity index is 386. The molecule has 0 saturated heterocycles. The summed E-state index contributed by atoms with van der Waals surface area (Å²) in [6.45, 7) is 6.97. The molecule has 3 heteroatoms. The zero-order chi connectivity index (χ0) is 12.1. The highest BCUT2D eigenvalue weighted by atomic mass is 16.3. The first kappa shape index (κ1) is 12.6. The van der Waals surface area contributed by atoms with Crippen molar-refractivity contribution < 1.29 is 5.11 Å². The standard InChI is InChI=1S/C13H20N2O/c1-5-6-15(4)9-14-12-7-11(3)13(16)8-10(12)2/h7-9,16H,5-6H2,1-4H3. The van der Waals surface area contributed by atoms with Gasteiger partial charge in [-0.15, -0.1) is 0 Å². The Labute approximate surface area is 97.4 Å². The molecule has 0 fully saturated rings. The van der Waals surface area contributed by atoms with Gasteiger partial charge in [0, 0.05) is 13.6 Å². The Kier molecular flexibility index (Phi) is 4.35. The lowest BCUT2D eigenvalue weighted by Crippen LogP contribution is -2.16. The highest BCUT2D eigenvalue weighted by Crippen LogP contribution is 2.26. The van der Waals surface area contributed by atoms with Crippen molar-refractivity contribution in [3.63, 3.8) is 0 Å². The number of aliphatic imine (C=N–C) groups is 1. The SMILES string of the molecule is CCCN(C)C=Nc1cc(C)c(O)cc1C. The Balaban J connectivity index is 2.85. The number of hydrogen-bond donors (Lipinski definition) is 1. The van der Waals surface area contributed by atoms with Gasteiger partial charge in [0.15, 0.2) is 0 Å². The van der Waals surface area contributed by atoms with Crippen molar-refractivity contribution >= 4 is 12.0 Å². The van der Waals surface area contributed by atoms with Crippen LogP contribution in [0.4, 0.5) is 5.69 Å². The van der Waals surface area contributed by atoms with Crippen molar-refractivity contribution in [3.8, 4) is 5.75 Å². The molecule has 0 saturated carbocycles. The molecule has 0 radical (unpaired) electrons. The Morgan fingerprint density at radius 3 is 2.62 bits per heavy atom. The van der Waals surface area contributed by atoms with Crippen molar-refractivity contribution in [3.05, 3.63) is 23.3 Å². The molecule has 16 heavy (non-hydrogen) atoms. The van der Waals surface area contributed by atoms with E-state index in [2.05, 4.69) is 16.8 Å². The summed E-state index contributed by atoms with van der Waals surface area (Å²) in [5, 5.41) is 9.52. The van der Waals surface area contributed by atoms with Crippen molar-refractivity contribution in [2.45, 2.75) is 27.2 Å². The molecule has 0 atom stereocenters. The van der Waals surface area contributed by atoms with Crippen LogP contribution in [0.2, 0.25) is 0 Å². The van der Waals surface area contributed by atoms with Crippen LogP contribution >= 0.6 is 0 Å². The van der Waals surface area contributed by atoms with Crippen molar-refractivity contribution in [2.24, 2.45) is 4.99 Å². The predicted octanol–water partition coefficient (Wildman–Crippen LogP) is 3.01. The number of nitrogens with zero attached hydrogens (tertiary/aromatic N) is 2. The minimum atomic E-state index is 0.332. The minimum absolute atomic E-state index is 0.332. The fourth-order valence-corrected chi connectivity index (χ4v) is 1.50. The topological polar surface area (TPSA) is 35.8 Å². The maximum atomic E-state index is 9.52. The fraction of sp³-hybridized carbons (Fsp3) is 0.462. The van der Waals surface area contributed by atoms with Crippen LogP contribution in [0.15, 0.2) is 17.1 Å². The summed E-state index contributed by atoms with van der Waals surface area (Å²) in [5.74, 6) is 0.332. The highest BCUT2D eigenvalue weighted by Gasteiger charge is 2.01. The number of phenolic OH excluding ortho intramolecular Hbond substituents is 1. The monoisotopic (exact) mass is 220 g/mol. The van der Waals surface area contributed by atoms with Crippen LogP contribution in [-0.2, 0) is 0 Å². The third kappa shape index (κ3) is 3.26. The van der Waals surface area contributed by atoms with Gasteiger partial charge >= 0.3 is 0 Å². The van der Waals surface area contributed by atoms with Crippen LogP contribution in [0.3, 0.4) is 0 Å². The van der Waals surface area contributed by atoms with Gasteiger partial charge in [-0.2, -0.15) is 0 Å². The predicted molar refractivity (Wildman–Crippen MR) is 68.7 cm³/mol. The van der Waals surface area contributed by atoms with Gasteiger partial charge in [-0.3, -0.25) is 0 Å². The van der Waals surface area contributed by atoms with E-state index in [1.807, 2.05) is 33.3 Å². The number of phenols is 1. The zero-order valence-electron chi connectivity index (χ0n) is 10.5. The van der Waals surface area contributed by atoms with Gasteiger partial charge in [0.1, 0.15) is 5.75 Å². The van der Waals surface area contributed by atoms with E-state index in [-0.39, 0.29) is 0 Å². The molecule has 1 rings (SSSR count). The first-order valence-corrected chi connectivity index (χ1v) is 5.59. The lowest BCUT2D eigenvalue weighted by atomic mass is 10.1. The maximum absolute atomic E-state index is 9.52. The molecule has 0 aliphatic heterocycles. The van der Waals surface area contributed by atoms with E-state index in [4.69, 9.17) is 0 Å². The van der Waals surface area contributed by atoms with Crippen LogP contribution in [0.25, 0.3) is 0 Å². The van der Waals surface area contributed by atoms with E-state index in [0.717, 1.165) is 29.8 Å². The van der Waals surface area contributed by atoms with Crippen LogP contribution in [-0.4, -0.2) is 29.9 Å². The second kappa shape index (κ2) is 5.54. The van der Waals surface area contributed by atoms with E-state index in [9.17, 15) is 5.11 Å². The molecule has 0 heterocycles. The molecule has 0 unspecified atom stereocenters. The molecule has 0 spiro atoms. The second-order valence-corrected chi connectivity index (χ2v) is 4.15. The lowest BCUT2D eigenvalue weighted by molar-refractivity contribution is 0.470. The highest BCUT2D eigenvalue weighted by molar-refractivity contribution is 5.64.